The quantitative estimate of drug-likeness (QED) is 0.851. The van der Waals surface area contributed by atoms with E-state index in [-0.39, 0.29) is 16.0 Å². The molecule has 0 amide bonds. The molecule has 1 N–H and O–H groups in total. The van der Waals surface area contributed by atoms with E-state index in [0.717, 1.165) is 30.4 Å². The van der Waals surface area contributed by atoms with Gasteiger partial charge in [-0.1, -0.05) is 27.5 Å². The molecule has 21 heavy (non-hydrogen) atoms. The Hall–Kier alpha value is -0.140. The van der Waals surface area contributed by atoms with Crippen molar-refractivity contribution in [3.05, 3.63) is 27.7 Å². The van der Waals surface area contributed by atoms with Crippen LogP contribution in [0.3, 0.4) is 0 Å². The summed E-state index contributed by atoms with van der Waals surface area (Å²) in [6.45, 7) is 6.15. The van der Waals surface area contributed by atoms with Crippen molar-refractivity contribution in [3.63, 3.8) is 0 Å². The summed E-state index contributed by atoms with van der Waals surface area (Å²) in [5.74, 6) is 0. The van der Waals surface area contributed by atoms with Crippen molar-refractivity contribution >= 4 is 37.6 Å². The summed E-state index contributed by atoms with van der Waals surface area (Å²) in [6.07, 6.45) is 1.65. The van der Waals surface area contributed by atoms with Gasteiger partial charge in [0.15, 0.2) is 0 Å². The molecular weight excluding hydrogens is 376 g/mol. The second-order valence-electron chi connectivity index (χ2n) is 5.60. The number of likely N-dealkylation sites (tertiary alicyclic amines) is 1. The van der Waals surface area contributed by atoms with Gasteiger partial charge in [-0.3, -0.25) is 0 Å². The molecule has 2 rings (SSSR count). The summed E-state index contributed by atoms with van der Waals surface area (Å²) >= 11 is 9.32. The second kappa shape index (κ2) is 6.96. The average Bonchev–Trinajstić information content (AvgIpc) is 2.38. The van der Waals surface area contributed by atoms with E-state index in [0.29, 0.717) is 6.04 Å². The molecule has 0 radical (unpaired) electrons. The Morgan fingerprint density at radius 2 is 1.95 bits per heavy atom. The maximum atomic E-state index is 12.4. The van der Waals surface area contributed by atoms with E-state index in [2.05, 4.69) is 39.4 Å². The zero-order valence-corrected chi connectivity index (χ0v) is 15.3. The van der Waals surface area contributed by atoms with Crippen molar-refractivity contribution in [1.82, 2.24) is 9.62 Å². The van der Waals surface area contributed by atoms with Crippen LogP contribution in [0.25, 0.3) is 0 Å². The number of rotatable bonds is 4. The van der Waals surface area contributed by atoms with E-state index in [9.17, 15) is 8.42 Å². The normalized spacial score (nSPS) is 18.3. The van der Waals surface area contributed by atoms with Gasteiger partial charge in [0, 0.05) is 16.6 Å². The lowest BCUT2D eigenvalue weighted by molar-refractivity contribution is 0.168. The number of nitrogens with one attached hydrogen (secondary N) is 1. The van der Waals surface area contributed by atoms with Crippen LogP contribution in [0.2, 0.25) is 5.02 Å². The van der Waals surface area contributed by atoms with E-state index in [1.54, 1.807) is 12.1 Å². The standard InChI is InChI=1S/C14H20BrClN2O2S/c1-10(2)18-7-5-12(6-8-18)17-21(19,20)14-4-3-11(15)9-13(14)16/h3-4,9-10,12,17H,5-8H2,1-2H3. The molecule has 1 aliphatic heterocycles. The molecule has 118 valence electrons. The van der Waals surface area contributed by atoms with Crippen molar-refractivity contribution in [3.8, 4) is 0 Å². The largest absolute Gasteiger partial charge is 0.301 e. The smallest absolute Gasteiger partial charge is 0.242 e. The Kier molecular flexibility index (Phi) is 5.71. The second-order valence-corrected chi connectivity index (χ2v) is 8.61. The highest BCUT2D eigenvalue weighted by Crippen LogP contribution is 2.26. The van der Waals surface area contributed by atoms with Crippen molar-refractivity contribution < 1.29 is 8.42 Å². The fraction of sp³-hybridized carbons (Fsp3) is 0.571. The Balaban J connectivity index is 2.05. The molecule has 1 aromatic rings. The van der Waals surface area contributed by atoms with E-state index in [1.165, 1.54) is 6.07 Å². The molecule has 0 atom stereocenters. The Bertz CT molecular complexity index is 599. The molecule has 0 aliphatic carbocycles. The van der Waals surface area contributed by atoms with Crippen LogP contribution >= 0.6 is 27.5 Å². The Labute approximate surface area is 140 Å². The van der Waals surface area contributed by atoms with Gasteiger partial charge >= 0.3 is 0 Å². The topological polar surface area (TPSA) is 49.4 Å². The van der Waals surface area contributed by atoms with Gasteiger partial charge in [-0.15, -0.1) is 0 Å². The van der Waals surface area contributed by atoms with Crippen LogP contribution in [0.4, 0.5) is 0 Å². The molecule has 0 bridgehead atoms. The molecule has 0 saturated carbocycles. The summed E-state index contributed by atoms with van der Waals surface area (Å²) in [5, 5.41) is 0.233. The third-order valence-electron chi connectivity index (χ3n) is 3.77. The first-order valence-corrected chi connectivity index (χ1v) is 9.66. The van der Waals surface area contributed by atoms with Gasteiger partial charge in [-0.25, -0.2) is 13.1 Å². The van der Waals surface area contributed by atoms with E-state index >= 15 is 0 Å². The fourth-order valence-corrected chi connectivity index (χ4v) is 4.85. The van der Waals surface area contributed by atoms with Gasteiger partial charge in [0.2, 0.25) is 10.0 Å². The molecule has 7 heteroatoms. The lowest BCUT2D eigenvalue weighted by atomic mass is 10.1. The molecule has 1 aromatic carbocycles. The molecule has 1 heterocycles. The van der Waals surface area contributed by atoms with Crippen LogP contribution in [-0.2, 0) is 10.0 Å². The number of benzene rings is 1. The summed E-state index contributed by atoms with van der Waals surface area (Å²) in [4.78, 5) is 2.50. The number of nitrogens with zero attached hydrogens (tertiary/aromatic N) is 1. The molecule has 1 aliphatic rings. The number of hydrogen-bond acceptors (Lipinski definition) is 3. The highest BCUT2D eigenvalue weighted by Gasteiger charge is 2.26. The molecule has 0 aromatic heterocycles. The van der Waals surface area contributed by atoms with E-state index in [4.69, 9.17) is 11.6 Å². The van der Waals surface area contributed by atoms with Gasteiger partial charge in [0.25, 0.3) is 0 Å². The zero-order valence-electron chi connectivity index (χ0n) is 12.1. The number of halogens is 2. The first-order chi connectivity index (χ1) is 9.79. The van der Waals surface area contributed by atoms with E-state index < -0.39 is 10.0 Å². The highest BCUT2D eigenvalue weighted by atomic mass is 79.9. The number of piperidine rings is 1. The van der Waals surface area contributed by atoms with Gasteiger partial charge in [0.1, 0.15) is 4.90 Å². The van der Waals surface area contributed by atoms with Crippen molar-refractivity contribution in [2.24, 2.45) is 0 Å². The summed E-state index contributed by atoms with van der Waals surface area (Å²) in [5.41, 5.74) is 0. The minimum atomic E-state index is -3.57. The maximum absolute atomic E-state index is 12.4. The van der Waals surface area contributed by atoms with E-state index in [1.807, 2.05) is 0 Å². The van der Waals surface area contributed by atoms with Crippen LogP contribution in [0, 0.1) is 0 Å². The molecule has 4 nitrogen and oxygen atoms in total. The lowest BCUT2D eigenvalue weighted by Gasteiger charge is -2.34. The summed E-state index contributed by atoms with van der Waals surface area (Å²) in [7, 11) is -3.57. The van der Waals surface area contributed by atoms with Crippen molar-refractivity contribution in [2.75, 3.05) is 13.1 Å². The number of hydrogen-bond donors (Lipinski definition) is 1. The SMILES string of the molecule is CC(C)N1CCC(NS(=O)(=O)c2ccc(Br)cc2Cl)CC1. The first kappa shape index (κ1) is 17.2. The van der Waals surface area contributed by atoms with Crippen LogP contribution < -0.4 is 4.72 Å². The highest BCUT2D eigenvalue weighted by molar-refractivity contribution is 9.10. The lowest BCUT2D eigenvalue weighted by Crippen LogP contribution is -2.46. The van der Waals surface area contributed by atoms with Gasteiger partial charge in [0.05, 0.1) is 5.02 Å². The predicted molar refractivity (Wildman–Crippen MR) is 89.2 cm³/mol. The van der Waals surface area contributed by atoms with Gasteiger partial charge in [-0.05, 0) is 58.0 Å². The minimum Gasteiger partial charge on any atom is -0.301 e. The summed E-state index contributed by atoms with van der Waals surface area (Å²) in [6, 6.07) is 5.28. The van der Waals surface area contributed by atoms with Crippen LogP contribution in [0.5, 0.6) is 0 Å². The van der Waals surface area contributed by atoms with Gasteiger partial charge < -0.3 is 4.90 Å². The zero-order chi connectivity index (χ0) is 15.6. The average molecular weight is 396 g/mol. The van der Waals surface area contributed by atoms with Crippen LogP contribution in [0.15, 0.2) is 27.6 Å². The predicted octanol–water partition coefficient (Wildman–Crippen LogP) is 3.25. The Morgan fingerprint density at radius 3 is 2.48 bits per heavy atom. The Morgan fingerprint density at radius 1 is 1.33 bits per heavy atom. The molecular formula is C14H20BrClN2O2S. The third-order valence-corrected chi connectivity index (χ3v) is 6.26. The molecule has 0 unspecified atom stereocenters. The van der Waals surface area contributed by atoms with Crippen molar-refractivity contribution in [1.29, 1.82) is 0 Å². The molecule has 1 fully saturated rings. The fourth-order valence-electron chi connectivity index (χ4n) is 2.51. The van der Waals surface area contributed by atoms with Crippen LogP contribution in [-0.4, -0.2) is 38.5 Å². The number of sulfonamides is 1. The molecule has 0 spiro atoms. The van der Waals surface area contributed by atoms with Crippen LogP contribution in [0.1, 0.15) is 26.7 Å². The maximum Gasteiger partial charge on any atom is 0.242 e. The monoisotopic (exact) mass is 394 g/mol. The third kappa shape index (κ3) is 4.42. The van der Waals surface area contributed by atoms with Gasteiger partial charge in [-0.2, -0.15) is 0 Å². The summed E-state index contributed by atoms with van der Waals surface area (Å²) < 4.78 is 28.4. The molecule has 1 saturated heterocycles. The van der Waals surface area contributed by atoms with Crippen molar-refractivity contribution in [2.45, 2.75) is 43.7 Å². The first-order valence-electron chi connectivity index (χ1n) is 7.01. The minimum absolute atomic E-state index is 0.0234.